The molecule has 1 fully saturated rings. The fraction of sp³-hybridized carbons (Fsp3) is 0.550. The van der Waals surface area contributed by atoms with Gasteiger partial charge in [-0.25, -0.2) is 22.8 Å². The average Bonchev–Trinajstić information content (AvgIpc) is 3.07. The van der Waals surface area contributed by atoms with Crippen LogP contribution in [0.3, 0.4) is 0 Å². The molecule has 3 rings (SSSR count). The molecule has 1 saturated carbocycles. The van der Waals surface area contributed by atoms with Crippen molar-refractivity contribution in [2.24, 2.45) is 5.92 Å². The Balaban J connectivity index is 1.92. The van der Waals surface area contributed by atoms with Crippen LogP contribution in [0.2, 0.25) is 0 Å². The molecule has 0 saturated heterocycles. The lowest BCUT2D eigenvalue weighted by Crippen LogP contribution is -2.31. The van der Waals surface area contributed by atoms with Crippen molar-refractivity contribution >= 4 is 9.73 Å². The Labute approximate surface area is 177 Å². The number of hydrogen-bond donors (Lipinski definition) is 2. The van der Waals surface area contributed by atoms with E-state index in [0.29, 0.717) is 11.3 Å². The highest BCUT2D eigenvalue weighted by atomic mass is 32.2. The van der Waals surface area contributed by atoms with Crippen molar-refractivity contribution in [2.75, 3.05) is 6.26 Å². The summed E-state index contributed by atoms with van der Waals surface area (Å²) in [5.41, 5.74) is 0.510. The highest BCUT2D eigenvalue weighted by molar-refractivity contribution is 7.91. The van der Waals surface area contributed by atoms with Crippen LogP contribution in [0.1, 0.15) is 60.9 Å². The molecule has 1 aliphatic rings. The SMILES string of the molecule is Cc1[nH]c([C@@H](OC2CCC(C(F)(F)F)CC2)c2cccc(C(F)F)c2)nc1[S@](C)(=N)=O. The molecule has 2 N–H and O–H groups in total. The van der Waals surface area contributed by atoms with Gasteiger partial charge in [-0.05, 0) is 44.2 Å². The van der Waals surface area contributed by atoms with Gasteiger partial charge in [0.1, 0.15) is 11.9 Å². The van der Waals surface area contributed by atoms with Crippen molar-refractivity contribution in [1.82, 2.24) is 9.97 Å². The number of nitrogens with one attached hydrogen (secondary N) is 2. The summed E-state index contributed by atoms with van der Waals surface area (Å²) in [6.07, 6.45) is -7.04. The van der Waals surface area contributed by atoms with Gasteiger partial charge in [-0.15, -0.1) is 0 Å². The van der Waals surface area contributed by atoms with Crippen molar-refractivity contribution in [3.63, 3.8) is 0 Å². The largest absolute Gasteiger partial charge is 0.391 e. The van der Waals surface area contributed by atoms with Crippen LogP contribution in [0.4, 0.5) is 22.0 Å². The predicted molar refractivity (Wildman–Crippen MR) is 105 cm³/mol. The normalized spacial score (nSPS) is 23.0. The molecule has 11 heteroatoms. The Morgan fingerprint density at radius 1 is 1.19 bits per heavy atom. The summed E-state index contributed by atoms with van der Waals surface area (Å²) in [6.45, 7) is 1.59. The van der Waals surface area contributed by atoms with Crippen molar-refractivity contribution in [3.8, 4) is 0 Å². The fourth-order valence-electron chi connectivity index (χ4n) is 3.85. The van der Waals surface area contributed by atoms with Crippen LogP contribution in [-0.4, -0.2) is 32.7 Å². The molecule has 1 heterocycles. The zero-order valence-corrected chi connectivity index (χ0v) is 17.8. The minimum absolute atomic E-state index is 0.0295. The molecule has 172 valence electrons. The van der Waals surface area contributed by atoms with E-state index in [1.54, 1.807) is 13.0 Å². The van der Waals surface area contributed by atoms with E-state index in [2.05, 4.69) is 9.97 Å². The van der Waals surface area contributed by atoms with E-state index in [1.807, 2.05) is 0 Å². The third-order valence-electron chi connectivity index (χ3n) is 5.41. The number of benzene rings is 1. The van der Waals surface area contributed by atoms with Gasteiger partial charge in [0.15, 0.2) is 5.03 Å². The number of aryl methyl sites for hydroxylation is 1. The molecule has 0 amide bonds. The maximum Gasteiger partial charge on any atom is 0.391 e. The maximum absolute atomic E-state index is 13.2. The number of nitrogens with zero attached hydrogens (tertiary/aromatic N) is 1. The van der Waals surface area contributed by atoms with Gasteiger partial charge in [0.25, 0.3) is 6.43 Å². The number of hydrogen-bond acceptors (Lipinski definition) is 4. The van der Waals surface area contributed by atoms with Crippen LogP contribution >= 0.6 is 0 Å². The Morgan fingerprint density at radius 3 is 2.32 bits per heavy atom. The summed E-state index contributed by atoms with van der Waals surface area (Å²) in [4.78, 5) is 7.16. The molecular formula is C20H24F5N3O2S. The lowest BCUT2D eigenvalue weighted by molar-refractivity contribution is -0.188. The standard InChI is InChI=1S/C20H24F5N3O2S/c1-11-19(31(2,26)29)28-18(27-11)16(12-4-3-5-13(10-12)17(21)22)30-15-8-6-14(7-9-15)20(23,24)25/h3-5,10,14-17,26H,6-9H2,1-2H3,(H,27,28)/t14?,15?,16-,31+/m0/s1. The number of aromatic amines is 1. The molecule has 0 bridgehead atoms. The van der Waals surface area contributed by atoms with Crippen LogP contribution < -0.4 is 0 Å². The van der Waals surface area contributed by atoms with Gasteiger partial charge in [-0.2, -0.15) is 13.2 Å². The van der Waals surface area contributed by atoms with E-state index in [9.17, 15) is 26.2 Å². The smallest absolute Gasteiger partial charge is 0.362 e. The highest BCUT2D eigenvalue weighted by Crippen LogP contribution is 2.40. The zero-order chi connectivity index (χ0) is 23.0. The third-order valence-corrected chi connectivity index (χ3v) is 6.54. The van der Waals surface area contributed by atoms with Crippen molar-refractivity contribution in [1.29, 1.82) is 4.78 Å². The number of aromatic nitrogens is 2. The second-order valence-corrected chi connectivity index (χ2v) is 9.97. The summed E-state index contributed by atoms with van der Waals surface area (Å²) >= 11 is 0. The Hall–Kier alpha value is -2.01. The summed E-state index contributed by atoms with van der Waals surface area (Å²) in [5, 5.41) is 0.0295. The monoisotopic (exact) mass is 465 g/mol. The molecule has 2 aromatic rings. The number of H-pyrrole nitrogens is 1. The molecule has 2 atom stereocenters. The zero-order valence-electron chi connectivity index (χ0n) is 17.0. The minimum atomic E-state index is -4.25. The maximum atomic E-state index is 13.2. The molecule has 1 aromatic carbocycles. The molecule has 0 aliphatic heterocycles. The van der Waals surface area contributed by atoms with Gasteiger partial charge in [0, 0.05) is 17.5 Å². The molecule has 0 spiro atoms. The number of alkyl halides is 5. The molecule has 1 aromatic heterocycles. The molecule has 0 unspecified atom stereocenters. The highest BCUT2D eigenvalue weighted by Gasteiger charge is 2.42. The Kier molecular flexibility index (Phi) is 6.75. The molecule has 0 radical (unpaired) electrons. The van der Waals surface area contributed by atoms with E-state index in [1.165, 1.54) is 24.5 Å². The van der Waals surface area contributed by atoms with E-state index in [-0.39, 0.29) is 42.1 Å². The summed E-state index contributed by atoms with van der Waals surface area (Å²) in [5.74, 6) is -1.20. The van der Waals surface area contributed by atoms with Gasteiger partial charge in [-0.1, -0.05) is 18.2 Å². The third kappa shape index (κ3) is 5.62. The summed E-state index contributed by atoms with van der Waals surface area (Å²) in [6, 6.07) is 5.54. The molecule has 5 nitrogen and oxygen atoms in total. The summed E-state index contributed by atoms with van der Waals surface area (Å²) < 4.78 is 91.4. The van der Waals surface area contributed by atoms with Crippen LogP contribution in [0.15, 0.2) is 29.3 Å². The lowest BCUT2D eigenvalue weighted by atomic mass is 9.87. The lowest BCUT2D eigenvalue weighted by Gasteiger charge is -2.32. The predicted octanol–water partition coefficient (Wildman–Crippen LogP) is 5.92. The fourth-order valence-corrected chi connectivity index (χ4v) is 4.76. The minimum Gasteiger partial charge on any atom is -0.362 e. The summed E-state index contributed by atoms with van der Waals surface area (Å²) in [7, 11) is -3.15. The average molecular weight is 465 g/mol. The molecule has 1 aliphatic carbocycles. The van der Waals surface area contributed by atoms with Crippen LogP contribution in [0.25, 0.3) is 0 Å². The Morgan fingerprint density at radius 2 is 1.81 bits per heavy atom. The number of rotatable bonds is 6. The van der Waals surface area contributed by atoms with E-state index in [0.717, 1.165) is 0 Å². The molecular weight excluding hydrogens is 441 g/mol. The Bertz CT molecular complexity index is 1010. The van der Waals surface area contributed by atoms with Gasteiger partial charge < -0.3 is 9.72 Å². The second-order valence-electron chi connectivity index (χ2n) is 7.90. The first-order valence-electron chi connectivity index (χ1n) is 9.76. The first-order valence-corrected chi connectivity index (χ1v) is 11.7. The van der Waals surface area contributed by atoms with Gasteiger partial charge in [0.05, 0.1) is 21.8 Å². The van der Waals surface area contributed by atoms with Gasteiger partial charge >= 0.3 is 6.18 Å². The van der Waals surface area contributed by atoms with E-state index in [4.69, 9.17) is 9.52 Å². The quantitative estimate of drug-likeness (QED) is 0.520. The van der Waals surface area contributed by atoms with Crippen molar-refractivity contribution in [2.45, 2.75) is 62.4 Å². The van der Waals surface area contributed by atoms with Crippen LogP contribution in [-0.2, 0) is 14.5 Å². The second kappa shape index (κ2) is 8.85. The topological polar surface area (TPSA) is 78.8 Å². The van der Waals surface area contributed by atoms with Crippen LogP contribution in [0.5, 0.6) is 0 Å². The van der Waals surface area contributed by atoms with Crippen LogP contribution in [0, 0.1) is 17.6 Å². The van der Waals surface area contributed by atoms with Gasteiger partial charge in [-0.3, -0.25) is 0 Å². The van der Waals surface area contributed by atoms with Crippen molar-refractivity contribution in [3.05, 3.63) is 46.9 Å². The first-order chi connectivity index (χ1) is 14.4. The van der Waals surface area contributed by atoms with Gasteiger partial charge in [0.2, 0.25) is 0 Å². The number of ether oxygens (including phenoxy) is 1. The van der Waals surface area contributed by atoms with E-state index < -0.39 is 40.5 Å². The van der Waals surface area contributed by atoms with Crippen molar-refractivity contribution < 1.29 is 30.9 Å². The van der Waals surface area contributed by atoms with E-state index >= 15 is 0 Å². The number of halogens is 5. The number of imidazole rings is 1. The first kappa shape index (κ1) is 23.6. The molecule has 31 heavy (non-hydrogen) atoms.